The molecule has 0 radical (unpaired) electrons. The summed E-state index contributed by atoms with van der Waals surface area (Å²) in [5.41, 5.74) is -0.474. The lowest BCUT2D eigenvalue weighted by molar-refractivity contribution is 0.0138. The Hall–Kier alpha value is -1.56. The van der Waals surface area contributed by atoms with Crippen LogP contribution < -0.4 is 4.74 Å². The molecule has 0 saturated carbocycles. The number of hydrogen-bond donors (Lipinski definition) is 0. The van der Waals surface area contributed by atoms with E-state index in [1.807, 2.05) is 20.8 Å². The molecule has 1 amide bonds. The highest BCUT2D eigenvalue weighted by Crippen LogP contribution is 2.20. The molecule has 2 heterocycles. The Morgan fingerprint density at radius 1 is 1.50 bits per heavy atom. The molecule has 1 aromatic heterocycles. The number of amides is 1. The van der Waals surface area contributed by atoms with E-state index < -0.39 is 5.60 Å². The van der Waals surface area contributed by atoms with Crippen molar-refractivity contribution in [1.29, 1.82) is 0 Å². The number of nitrogens with zero attached hydrogens (tertiary/aromatic N) is 3. The van der Waals surface area contributed by atoms with Crippen molar-refractivity contribution in [2.75, 3.05) is 19.7 Å². The van der Waals surface area contributed by atoms with Crippen LogP contribution in [0.1, 0.15) is 33.6 Å². The van der Waals surface area contributed by atoms with Crippen molar-refractivity contribution in [2.45, 2.75) is 39.2 Å². The number of carbonyl (C=O) groups excluding carboxylic acids is 1. The average molecular weight is 328 g/mol. The first-order valence-electron chi connectivity index (χ1n) is 7.43. The second-order valence-electron chi connectivity index (χ2n) is 6.41. The number of hydrogen-bond acceptors (Lipinski definition) is 5. The molecule has 7 heteroatoms. The summed E-state index contributed by atoms with van der Waals surface area (Å²) in [6, 6.07) is 1.67. The van der Waals surface area contributed by atoms with Gasteiger partial charge in [0.15, 0.2) is 0 Å². The van der Waals surface area contributed by atoms with E-state index in [0.717, 1.165) is 19.4 Å². The van der Waals surface area contributed by atoms with Gasteiger partial charge in [0.1, 0.15) is 5.60 Å². The van der Waals surface area contributed by atoms with Crippen molar-refractivity contribution in [2.24, 2.45) is 5.92 Å². The minimum atomic E-state index is -0.474. The molecular formula is C15H22ClN3O3. The van der Waals surface area contributed by atoms with Gasteiger partial charge in [0.25, 0.3) is 0 Å². The van der Waals surface area contributed by atoms with Gasteiger partial charge in [-0.15, -0.1) is 0 Å². The number of rotatable bonds is 3. The zero-order valence-electron chi connectivity index (χ0n) is 13.2. The Bertz CT molecular complexity index is 519. The summed E-state index contributed by atoms with van der Waals surface area (Å²) in [7, 11) is 0. The van der Waals surface area contributed by atoms with Gasteiger partial charge in [-0.2, -0.15) is 4.98 Å². The maximum atomic E-state index is 12.1. The van der Waals surface area contributed by atoms with Gasteiger partial charge in [0.05, 0.1) is 6.61 Å². The summed E-state index contributed by atoms with van der Waals surface area (Å²) in [6.45, 7) is 7.46. The first kappa shape index (κ1) is 16.8. The maximum absolute atomic E-state index is 12.1. The lowest BCUT2D eigenvalue weighted by Crippen LogP contribution is -2.44. The molecule has 0 N–H and O–H groups in total. The fourth-order valence-corrected chi connectivity index (χ4v) is 2.44. The van der Waals surface area contributed by atoms with Crippen LogP contribution in [0.3, 0.4) is 0 Å². The molecule has 0 unspecified atom stereocenters. The summed E-state index contributed by atoms with van der Waals surface area (Å²) in [6.07, 6.45) is 3.25. The van der Waals surface area contributed by atoms with Gasteiger partial charge >= 0.3 is 6.09 Å². The second kappa shape index (κ2) is 7.13. The highest BCUT2D eigenvalue weighted by Gasteiger charge is 2.27. The van der Waals surface area contributed by atoms with Gasteiger partial charge in [-0.05, 0) is 45.2 Å². The number of halogens is 1. The van der Waals surface area contributed by atoms with Crippen LogP contribution in [0.15, 0.2) is 12.3 Å². The van der Waals surface area contributed by atoms with E-state index in [1.165, 1.54) is 0 Å². The van der Waals surface area contributed by atoms with Crippen molar-refractivity contribution in [3.8, 4) is 5.88 Å². The Morgan fingerprint density at radius 2 is 2.27 bits per heavy atom. The van der Waals surface area contributed by atoms with Crippen LogP contribution in [0.5, 0.6) is 5.88 Å². The molecular weight excluding hydrogens is 306 g/mol. The van der Waals surface area contributed by atoms with E-state index in [-0.39, 0.29) is 17.3 Å². The fraction of sp³-hybridized carbons (Fsp3) is 0.667. The molecule has 1 saturated heterocycles. The Kier molecular flexibility index (Phi) is 5.45. The Balaban J connectivity index is 1.84. The summed E-state index contributed by atoms with van der Waals surface area (Å²) in [5.74, 6) is 0.712. The molecule has 1 aliphatic heterocycles. The number of likely N-dealkylation sites (tertiary alicyclic amines) is 1. The lowest BCUT2D eigenvalue weighted by atomic mass is 9.99. The molecule has 0 aromatic carbocycles. The van der Waals surface area contributed by atoms with Crippen molar-refractivity contribution in [3.05, 3.63) is 17.5 Å². The number of piperidine rings is 1. The highest BCUT2D eigenvalue weighted by molar-refractivity contribution is 6.28. The van der Waals surface area contributed by atoms with E-state index in [9.17, 15) is 4.79 Å². The molecule has 1 aromatic rings. The van der Waals surface area contributed by atoms with Gasteiger partial charge in [0, 0.05) is 31.3 Å². The normalized spacial score (nSPS) is 18.9. The molecule has 0 bridgehead atoms. The molecule has 0 spiro atoms. The first-order valence-corrected chi connectivity index (χ1v) is 7.80. The maximum Gasteiger partial charge on any atom is 0.410 e. The van der Waals surface area contributed by atoms with E-state index >= 15 is 0 Å². The SMILES string of the molecule is CC(C)(C)OC(=O)N1CCC[C@H](COc2ccnc(Cl)n2)C1. The number of carbonyl (C=O) groups is 1. The van der Waals surface area contributed by atoms with Gasteiger partial charge in [-0.3, -0.25) is 0 Å². The quantitative estimate of drug-likeness (QED) is 0.798. The molecule has 2 rings (SSSR count). The van der Waals surface area contributed by atoms with Crippen LogP contribution in [-0.2, 0) is 4.74 Å². The third-order valence-electron chi connectivity index (χ3n) is 3.24. The third kappa shape index (κ3) is 5.33. The van der Waals surface area contributed by atoms with Crippen molar-refractivity contribution < 1.29 is 14.3 Å². The predicted molar refractivity (Wildman–Crippen MR) is 83.1 cm³/mol. The minimum Gasteiger partial charge on any atom is -0.477 e. The molecule has 1 fully saturated rings. The molecule has 1 atom stereocenters. The second-order valence-corrected chi connectivity index (χ2v) is 6.75. The van der Waals surface area contributed by atoms with Gasteiger partial charge < -0.3 is 14.4 Å². The predicted octanol–water partition coefficient (Wildman–Crippen LogP) is 3.16. The first-order chi connectivity index (χ1) is 10.3. The monoisotopic (exact) mass is 327 g/mol. The smallest absolute Gasteiger partial charge is 0.410 e. The number of aromatic nitrogens is 2. The van der Waals surface area contributed by atoms with E-state index in [0.29, 0.717) is 19.0 Å². The van der Waals surface area contributed by atoms with Crippen LogP contribution >= 0.6 is 11.6 Å². The molecule has 0 aliphatic carbocycles. The van der Waals surface area contributed by atoms with Crippen molar-refractivity contribution in [1.82, 2.24) is 14.9 Å². The van der Waals surface area contributed by atoms with Crippen LogP contribution in [0.25, 0.3) is 0 Å². The third-order valence-corrected chi connectivity index (χ3v) is 3.42. The largest absolute Gasteiger partial charge is 0.477 e. The van der Waals surface area contributed by atoms with Crippen LogP contribution in [-0.4, -0.2) is 46.3 Å². The zero-order chi connectivity index (χ0) is 16.2. The molecule has 6 nitrogen and oxygen atoms in total. The highest BCUT2D eigenvalue weighted by atomic mass is 35.5. The van der Waals surface area contributed by atoms with E-state index in [1.54, 1.807) is 17.2 Å². The fourth-order valence-electron chi connectivity index (χ4n) is 2.30. The van der Waals surface area contributed by atoms with Crippen molar-refractivity contribution >= 4 is 17.7 Å². The Morgan fingerprint density at radius 3 is 2.95 bits per heavy atom. The van der Waals surface area contributed by atoms with Gasteiger partial charge in [0.2, 0.25) is 11.2 Å². The van der Waals surface area contributed by atoms with E-state index in [2.05, 4.69) is 9.97 Å². The molecule has 22 heavy (non-hydrogen) atoms. The number of ether oxygens (including phenoxy) is 2. The standard InChI is InChI=1S/C15H22ClN3O3/c1-15(2,3)22-14(20)19-8-4-5-11(9-19)10-21-12-6-7-17-13(16)18-12/h6-7,11H,4-5,8-10H2,1-3H3/t11-/m0/s1. The minimum absolute atomic E-state index is 0.163. The average Bonchev–Trinajstić information content (AvgIpc) is 2.44. The van der Waals surface area contributed by atoms with E-state index in [4.69, 9.17) is 21.1 Å². The van der Waals surface area contributed by atoms with Crippen LogP contribution in [0, 0.1) is 5.92 Å². The van der Waals surface area contributed by atoms with Gasteiger partial charge in [-0.25, -0.2) is 9.78 Å². The summed E-state index contributed by atoms with van der Waals surface area (Å²) >= 11 is 5.72. The Labute approximate surface area is 135 Å². The molecule has 122 valence electrons. The zero-order valence-corrected chi connectivity index (χ0v) is 14.0. The van der Waals surface area contributed by atoms with Gasteiger partial charge in [-0.1, -0.05) is 0 Å². The molecule has 1 aliphatic rings. The van der Waals surface area contributed by atoms with Crippen LogP contribution in [0.4, 0.5) is 4.79 Å². The lowest BCUT2D eigenvalue weighted by Gasteiger charge is -2.33. The summed E-state index contributed by atoms with van der Waals surface area (Å²) in [4.78, 5) is 21.6. The summed E-state index contributed by atoms with van der Waals surface area (Å²) in [5, 5.41) is 0.163. The summed E-state index contributed by atoms with van der Waals surface area (Å²) < 4.78 is 11.1. The topological polar surface area (TPSA) is 64.5 Å². The van der Waals surface area contributed by atoms with Crippen LogP contribution in [0.2, 0.25) is 5.28 Å². The van der Waals surface area contributed by atoms with Crippen molar-refractivity contribution in [3.63, 3.8) is 0 Å².